The predicted octanol–water partition coefficient (Wildman–Crippen LogP) is 3.23. The van der Waals surface area contributed by atoms with Gasteiger partial charge in [-0.15, -0.1) is 0 Å². The average Bonchev–Trinajstić information content (AvgIpc) is 2.67. The topological polar surface area (TPSA) is 103 Å². The van der Waals surface area contributed by atoms with Gasteiger partial charge in [0.1, 0.15) is 0 Å². The van der Waals surface area contributed by atoms with Gasteiger partial charge in [0.25, 0.3) is 0 Å². The lowest BCUT2D eigenvalue weighted by Gasteiger charge is -2.31. The lowest BCUT2D eigenvalue weighted by Crippen LogP contribution is -2.45. The summed E-state index contributed by atoms with van der Waals surface area (Å²) in [6, 6.07) is 6.58. The Morgan fingerprint density at radius 1 is 0.966 bits per heavy atom. The fraction of sp³-hybridized carbons (Fsp3) is 0.571. The molecule has 0 aliphatic carbocycles. The van der Waals surface area contributed by atoms with E-state index in [0.29, 0.717) is 49.8 Å². The van der Waals surface area contributed by atoms with E-state index in [2.05, 4.69) is 35.1 Å². The van der Waals surface area contributed by atoms with Crippen LogP contribution in [0.25, 0.3) is 0 Å². The zero-order valence-electron chi connectivity index (χ0n) is 17.7. The van der Waals surface area contributed by atoms with E-state index in [4.69, 9.17) is 0 Å². The third kappa shape index (κ3) is 7.63. The number of likely N-dealkylation sites (tertiary alicyclic amines) is 1. The normalized spacial score (nSPS) is 14.6. The molecule has 1 heterocycles. The first kappa shape index (κ1) is 22.5. The summed E-state index contributed by atoms with van der Waals surface area (Å²) in [5, 5.41) is 11.3. The molecule has 160 valence electrons. The molecule has 0 radical (unpaired) electrons. The number of urea groups is 2. The van der Waals surface area contributed by atoms with Crippen LogP contribution >= 0.6 is 0 Å². The Balaban J connectivity index is 1.78. The first-order valence-electron chi connectivity index (χ1n) is 10.3. The zero-order chi connectivity index (χ0) is 21.4. The summed E-state index contributed by atoms with van der Waals surface area (Å²) >= 11 is 0. The lowest BCUT2D eigenvalue weighted by atomic mass is 9.96. The quantitative estimate of drug-likeness (QED) is 0.586. The second-order valence-corrected chi connectivity index (χ2v) is 8.16. The lowest BCUT2D eigenvalue weighted by molar-refractivity contribution is -0.126. The van der Waals surface area contributed by atoms with E-state index < -0.39 is 0 Å². The van der Waals surface area contributed by atoms with Gasteiger partial charge in [-0.3, -0.25) is 4.79 Å². The Morgan fingerprint density at radius 3 is 2.03 bits per heavy atom. The summed E-state index contributed by atoms with van der Waals surface area (Å²) in [5.74, 6) is 0.486. The number of rotatable bonds is 6. The molecule has 1 aromatic carbocycles. The number of nitrogens with one attached hydrogen (secondary N) is 4. The smallest absolute Gasteiger partial charge is 0.321 e. The van der Waals surface area contributed by atoms with Crippen molar-refractivity contribution in [3.63, 3.8) is 0 Å². The summed E-state index contributed by atoms with van der Waals surface area (Å²) in [6.45, 7) is 9.70. The Hall–Kier alpha value is -2.77. The molecule has 8 heteroatoms. The molecule has 1 saturated heterocycles. The fourth-order valence-electron chi connectivity index (χ4n) is 3.06. The number of carbonyl (C=O) groups excluding carboxylic acids is 3. The summed E-state index contributed by atoms with van der Waals surface area (Å²) < 4.78 is 0. The van der Waals surface area contributed by atoms with Crippen LogP contribution in [0.1, 0.15) is 40.5 Å². The highest BCUT2D eigenvalue weighted by atomic mass is 16.2. The highest BCUT2D eigenvalue weighted by molar-refractivity contribution is 5.91. The van der Waals surface area contributed by atoms with Crippen molar-refractivity contribution in [2.45, 2.75) is 46.6 Å². The molecule has 1 aliphatic rings. The third-order valence-electron chi connectivity index (χ3n) is 4.65. The summed E-state index contributed by atoms with van der Waals surface area (Å²) in [7, 11) is 0. The van der Waals surface area contributed by atoms with Crippen LogP contribution in [0.15, 0.2) is 24.3 Å². The Morgan fingerprint density at radius 2 is 1.52 bits per heavy atom. The summed E-state index contributed by atoms with van der Waals surface area (Å²) in [4.78, 5) is 38.1. The van der Waals surface area contributed by atoms with Crippen molar-refractivity contribution in [1.29, 1.82) is 0 Å². The van der Waals surface area contributed by atoms with E-state index in [9.17, 15) is 14.4 Å². The van der Waals surface area contributed by atoms with Gasteiger partial charge in [0.15, 0.2) is 0 Å². The molecular weight excluding hydrogens is 370 g/mol. The SMILES string of the molecule is CC(C)CNC(=O)C1CCN(C(=O)Nc2ccc(NC(=O)NC(C)C)cc2)CC1. The maximum absolute atomic E-state index is 12.5. The predicted molar refractivity (Wildman–Crippen MR) is 115 cm³/mol. The van der Waals surface area contributed by atoms with Crippen molar-refractivity contribution in [2.24, 2.45) is 11.8 Å². The van der Waals surface area contributed by atoms with Crippen molar-refractivity contribution in [1.82, 2.24) is 15.5 Å². The number of anilines is 2. The molecule has 4 N–H and O–H groups in total. The molecule has 8 nitrogen and oxygen atoms in total. The van der Waals surface area contributed by atoms with Crippen LogP contribution in [0.5, 0.6) is 0 Å². The van der Waals surface area contributed by atoms with E-state index in [-0.39, 0.29) is 29.9 Å². The van der Waals surface area contributed by atoms with Gasteiger partial charge in [-0.25, -0.2) is 9.59 Å². The Labute approximate surface area is 172 Å². The molecule has 0 aromatic heterocycles. The maximum atomic E-state index is 12.5. The van der Waals surface area contributed by atoms with E-state index >= 15 is 0 Å². The van der Waals surface area contributed by atoms with Gasteiger partial charge in [0.2, 0.25) is 5.91 Å². The van der Waals surface area contributed by atoms with E-state index in [1.165, 1.54) is 0 Å². The number of benzene rings is 1. The standard InChI is InChI=1S/C21H33N5O3/c1-14(2)13-22-19(27)16-9-11-26(12-10-16)21(29)25-18-7-5-17(6-8-18)24-20(28)23-15(3)4/h5-8,14-16H,9-13H2,1-4H3,(H,22,27)(H,25,29)(H2,23,24,28). The van der Waals surface area contributed by atoms with Gasteiger partial charge >= 0.3 is 12.1 Å². The maximum Gasteiger partial charge on any atom is 0.321 e. The molecule has 5 amide bonds. The number of carbonyl (C=O) groups is 3. The van der Waals surface area contributed by atoms with Crippen molar-refractivity contribution >= 4 is 29.3 Å². The average molecular weight is 404 g/mol. The second kappa shape index (κ2) is 10.7. The van der Waals surface area contributed by atoms with Gasteiger partial charge < -0.3 is 26.2 Å². The van der Waals surface area contributed by atoms with E-state index in [1.807, 2.05) is 13.8 Å². The van der Waals surface area contributed by atoms with Crippen LogP contribution in [-0.2, 0) is 4.79 Å². The number of hydrogen-bond donors (Lipinski definition) is 4. The van der Waals surface area contributed by atoms with E-state index in [1.54, 1.807) is 29.2 Å². The van der Waals surface area contributed by atoms with Crippen LogP contribution in [0.2, 0.25) is 0 Å². The van der Waals surface area contributed by atoms with Gasteiger partial charge in [0.05, 0.1) is 0 Å². The van der Waals surface area contributed by atoms with E-state index in [0.717, 1.165) is 0 Å². The van der Waals surface area contributed by atoms with Gasteiger partial charge in [0, 0.05) is 43.0 Å². The molecule has 2 rings (SSSR count). The second-order valence-electron chi connectivity index (χ2n) is 8.16. The van der Waals surface area contributed by atoms with Crippen LogP contribution < -0.4 is 21.3 Å². The van der Waals surface area contributed by atoms with Crippen molar-refractivity contribution in [2.75, 3.05) is 30.3 Å². The molecule has 1 fully saturated rings. The Kier molecular flexibility index (Phi) is 8.30. The third-order valence-corrected chi connectivity index (χ3v) is 4.65. The van der Waals surface area contributed by atoms with Crippen LogP contribution in [0.3, 0.4) is 0 Å². The number of hydrogen-bond acceptors (Lipinski definition) is 3. The first-order chi connectivity index (χ1) is 13.7. The van der Waals surface area contributed by atoms with Crippen LogP contribution in [0, 0.1) is 11.8 Å². The van der Waals surface area contributed by atoms with Crippen molar-refractivity contribution in [3.8, 4) is 0 Å². The fourth-order valence-corrected chi connectivity index (χ4v) is 3.06. The molecule has 1 aliphatic heterocycles. The van der Waals surface area contributed by atoms with Gasteiger partial charge in [-0.05, 0) is 56.9 Å². The minimum Gasteiger partial charge on any atom is -0.356 e. The van der Waals surface area contributed by atoms with Crippen LogP contribution in [-0.4, -0.2) is 48.5 Å². The summed E-state index contributed by atoms with van der Waals surface area (Å²) in [5.41, 5.74) is 1.30. The largest absolute Gasteiger partial charge is 0.356 e. The molecule has 1 aromatic rings. The number of nitrogens with zero attached hydrogens (tertiary/aromatic N) is 1. The van der Waals surface area contributed by atoms with Gasteiger partial charge in [-0.1, -0.05) is 13.8 Å². The Bertz CT molecular complexity index is 695. The highest BCUT2D eigenvalue weighted by Gasteiger charge is 2.27. The highest BCUT2D eigenvalue weighted by Crippen LogP contribution is 2.19. The molecule has 0 atom stereocenters. The molecule has 29 heavy (non-hydrogen) atoms. The first-order valence-corrected chi connectivity index (χ1v) is 10.3. The molecule has 0 bridgehead atoms. The van der Waals surface area contributed by atoms with Crippen molar-refractivity contribution in [3.05, 3.63) is 24.3 Å². The monoisotopic (exact) mass is 403 g/mol. The minimum atomic E-state index is -0.267. The minimum absolute atomic E-state index is 0.0276. The number of amides is 5. The molecule has 0 spiro atoms. The van der Waals surface area contributed by atoms with Crippen molar-refractivity contribution < 1.29 is 14.4 Å². The zero-order valence-corrected chi connectivity index (χ0v) is 17.7. The molecular formula is C21H33N5O3. The number of piperidine rings is 1. The summed E-state index contributed by atoms with van der Waals surface area (Å²) in [6.07, 6.45) is 1.34. The molecule has 0 unspecified atom stereocenters. The van der Waals surface area contributed by atoms with Crippen LogP contribution in [0.4, 0.5) is 21.0 Å². The van der Waals surface area contributed by atoms with Gasteiger partial charge in [-0.2, -0.15) is 0 Å². The molecule has 0 saturated carbocycles.